The van der Waals surface area contributed by atoms with E-state index in [1.165, 1.54) is 10.9 Å². The molecule has 0 unspecified atom stereocenters. The Kier molecular flexibility index (Phi) is 4.71. The van der Waals surface area contributed by atoms with Gasteiger partial charge in [-0.15, -0.1) is 0 Å². The van der Waals surface area contributed by atoms with E-state index in [1.54, 1.807) is 0 Å². The molecule has 0 radical (unpaired) electrons. The first kappa shape index (κ1) is 16.1. The Bertz CT molecular complexity index is 683. The number of piperidine rings is 1. The normalized spacial score (nSPS) is 16.8. The Balaban J connectivity index is 1.68. The number of nitrogens with zero attached hydrogens (tertiary/aromatic N) is 3. The summed E-state index contributed by atoms with van der Waals surface area (Å²) < 4.78 is 2.11. The summed E-state index contributed by atoms with van der Waals surface area (Å²) in [6, 6.07) is 8.69. The summed E-state index contributed by atoms with van der Waals surface area (Å²) in [6.45, 7) is 5.52. The highest BCUT2D eigenvalue weighted by Crippen LogP contribution is 2.22. The minimum absolute atomic E-state index is 0.233. The second kappa shape index (κ2) is 6.75. The van der Waals surface area contributed by atoms with Crippen LogP contribution in [-0.4, -0.2) is 53.0 Å². The van der Waals surface area contributed by atoms with E-state index in [9.17, 15) is 4.79 Å². The van der Waals surface area contributed by atoms with E-state index < -0.39 is 0 Å². The fraction of sp³-hybridized carbons (Fsp3) is 0.526. The van der Waals surface area contributed by atoms with E-state index in [0.717, 1.165) is 38.0 Å². The number of aryl methyl sites for hydroxylation is 1. The molecule has 0 N–H and O–H groups in total. The monoisotopic (exact) mass is 313 g/mol. The molecule has 4 heteroatoms. The van der Waals surface area contributed by atoms with Crippen LogP contribution in [-0.2, 0) is 18.3 Å². The zero-order valence-corrected chi connectivity index (χ0v) is 14.5. The number of carbonyl (C=O) groups excluding carboxylic acids is 1. The van der Waals surface area contributed by atoms with Gasteiger partial charge < -0.3 is 14.4 Å². The number of hydrogen-bond acceptors (Lipinski definition) is 2. The van der Waals surface area contributed by atoms with Gasteiger partial charge in [-0.25, -0.2) is 0 Å². The predicted molar refractivity (Wildman–Crippen MR) is 94.5 cm³/mol. The molecular formula is C19H27N3O. The van der Waals surface area contributed by atoms with Crippen molar-refractivity contribution >= 4 is 16.8 Å². The smallest absolute Gasteiger partial charge is 0.227 e. The Labute approximate surface area is 138 Å². The number of amides is 1. The van der Waals surface area contributed by atoms with Gasteiger partial charge in [0.2, 0.25) is 5.91 Å². The molecule has 0 atom stereocenters. The molecule has 2 aromatic rings. The summed E-state index contributed by atoms with van der Waals surface area (Å²) in [5, 5.41) is 1.19. The van der Waals surface area contributed by atoms with Gasteiger partial charge in [0.25, 0.3) is 0 Å². The van der Waals surface area contributed by atoms with Crippen LogP contribution in [0, 0.1) is 0 Å². The van der Waals surface area contributed by atoms with E-state index >= 15 is 0 Å². The lowest BCUT2D eigenvalue weighted by atomic mass is 10.0. The van der Waals surface area contributed by atoms with Crippen LogP contribution in [0.4, 0.5) is 0 Å². The van der Waals surface area contributed by atoms with Crippen LogP contribution in [0.1, 0.15) is 25.3 Å². The third kappa shape index (κ3) is 3.27. The Hall–Kier alpha value is -1.81. The van der Waals surface area contributed by atoms with Crippen molar-refractivity contribution in [1.29, 1.82) is 0 Å². The molecule has 23 heavy (non-hydrogen) atoms. The van der Waals surface area contributed by atoms with Gasteiger partial charge in [-0.05, 0) is 31.0 Å². The van der Waals surface area contributed by atoms with Crippen molar-refractivity contribution in [3.8, 4) is 0 Å². The number of benzene rings is 1. The van der Waals surface area contributed by atoms with E-state index in [4.69, 9.17) is 0 Å². The molecule has 1 fully saturated rings. The summed E-state index contributed by atoms with van der Waals surface area (Å²) in [7, 11) is 4.01. The molecule has 1 amide bonds. The van der Waals surface area contributed by atoms with E-state index in [2.05, 4.69) is 34.7 Å². The van der Waals surface area contributed by atoms with Gasteiger partial charge in [-0.2, -0.15) is 0 Å². The van der Waals surface area contributed by atoms with Crippen LogP contribution < -0.4 is 0 Å². The molecule has 0 aliphatic carbocycles. The Morgan fingerprint density at radius 1 is 1.26 bits per heavy atom. The van der Waals surface area contributed by atoms with Crippen molar-refractivity contribution in [3.63, 3.8) is 0 Å². The number of carbonyl (C=O) groups is 1. The highest BCUT2D eigenvalue weighted by atomic mass is 16.2. The quantitative estimate of drug-likeness (QED) is 0.868. The maximum absolute atomic E-state index is 12.7. The summed E-state index contributed by atoms with van der Waals surface area (Å²) in [5.41, 5.74) is 2.32. The molecule has 124 valence electrons. The number of rotatable bonds is 4. The van der Waals surface area contributed by atoms with Gasteiger partial charge >= 0.3 is 0 Å². The van der Waals surface area contributed by atoms with Gasteiger partial charge in [-0.1, -0.05) is 25.1 Å². The first-order chi connectivity index (χ1) is 11.1. The summed E-state index contributed by atoms with van der Waals surface area (Å²) in [4.78, 5) is 17.2. The van der Waals surface area contributed by atoms with Gasteiger partial charge in [-0.3, -0.25) is 4.79 Å². The fourth-order valence-corrected chi connectivity index (χ4v) is 3.68. The summed E-state index contributed by atoms with van der Waals surface area (Å²) >= 11 is 0. The molecule has 1 aromatic heterocycles. The van der Waals surface area contributed by atoms with E-state index in [-0.39, 0.29) is 5.91 Å². The molecule has 1 saturated heterocycles. The number of hydrogen-bond donors (Lipinski definition) is 0. The molecule has 1 aliphatic rings. The summed E-state index contributed by atoms with van der Waals surface area (Å²) in [5.74, 6) is 0.233. The van der Waals surface area contributed by atoms with Gasteiger partial charge in [0.05, 0.1) is 6.42 Å². The van der Waals surface area contributed by atoms with E-state index in [1.807, 2.05) is 31.1 Å². The highest BCUT2D eigenvalue weighted by molar-refractivity contribution is 5.89. The number of likely N-dealkylation sites (N-methyl/N-ethyl adjacent to an activating group) is 1. The third-order valence-electron chi connectivity index (χ3n) is 5.27. The minimum Gasteiger partial charge on any atom is -0.350 e. The van der Waals surface area contributed by atoms with Crippen LogP contribution in [0.5, 0.6) is 0 Å². The van der Waals surface area contributed by atoms with Gasteiger partial charge in [0.1, 0.15) is 0 Å². The van der Waals surface area contributed by atoms with Crippen LogP contribution >= 0.6 is 0 Å². The largest absolute Gasteiger partial charge is 0.350 e. The number of aromatic nitrogens is 1. The van der Waals surface area contributed by atoms with Crippen LogP contribution in [0.15, 0.2) is 30.5 Å². The number of para-hydroxylation sites is 1. The van der Waals surface area contributed by atoms with Crippen molar-refractivity contribution in [2.45, 2.75) is 32.2 Å². The van der Waals surface area contributed by atoms with E-state index in [0.29, 0.717) is 12.5 Å². The van der Waals surface area contributed by atoms with Crippen molar-refractivity contribution in [2.24, 2.45) is 7.05 Å². The van der Waals surface area contributed by atoms with Crippen LogP contribution in [0.3, 0.4) is 0 Å². The number of fused-ring (bicyclic) bond motifs is 1. The average Bonchev–Trinajstić information content (AvgIpc) is 2.90. The molecule has 1 aromatic carbocycles. The van der Waals surface area contributed by atoms with Gasteiger partial charge in [0, 0.05) is 50.3 Å². The molecule has 4 nitrogen and oxygen atoms in total. The lowest BCUT2D eigenvalue weighted by Crippen LogP contribution is -2.45. The first-order valence-corrected chi connectivity index (χ1v) is 8.61. The first-order valence-electron chi connectivity index (χ1n) is 8.61. The summed E-state index contributed by atoms with van der Waals surface area (Å²) in [6.07, 6.45) is 4.76. The standard InChI is InChI=1S/C19H27N3O/c1-4-22-11-9-16(10-12-22)21(3)19(23)13-15-14-20(2)18-8-6-5-7-17(15)18/h5-8,14,16H,4,9-13H2,1-3H3. The lowest BCUT2D eigenvalue weighted by Gasteiger charge is -2.36. The molecule has 0 saturated carbocycles. The molecular weight excluding hydrogens is 286 g/mol. The molecule has 3 rings (SSSR count). The minimum atomic E-state index is 0.233. The maximum atomic E-state index is 12.7. The fourth-order valence-electron chi connectivity index (χ4n) is 3.68. The Morgan fingerprint density at radius 3 is 2.65 bits per heavy atom. The third-order valence-corrected chi connectivity index (χ3v) is 5.27. The van der Waals surface area contributed by atoms with Gasteiger partial charge in [0.15, 0.2) is 0 Å². The van der Waals surface area contributed by atoms with Crippen LogP contribution in [0.2, 0.25) is 0 Å². The zero-order valence-electron chi connectivity index (χ0n) is 14.5. The van der Waals surface area contributed by atoms with Crippen molar-refractivity contribution in [2.75, 3.05) is 26.7 Å². The van der Waals surface area contributed by atoms with Crippen LogP contribution in [0.25, 0.3) is 10.9 Å². The average molecular weight is 313 g/mol. The maximum Gasteiger partial charge on any atom is 0.227 e. The lowest BCUT2D eigenvalue weighted by molar-refractivity contribution is -0.132. The molecule has 2 heterocycles. The van der Waals surface area contributed by atoms with Crippen molar-refractivity contribution in [3.05, 3.63) is 36.0 Å². The second-order valence-corrected chi connectivity index (χ2v) is 6.63. The highest BCUT2D eigenvalue weighted by Gasteiger charge is 2.25. The Morgan fingerprint density at radius 2 is 1.96 bits per heavy atom. The predicted octanol–water partition coefficient (Wildman–Crippen LogP) is 2.66. The molecule has 0 bridgehead atoms. The SMILES string of the molecule is CCN1CCC(N(C)C(=O)Cc2cn(C)c3ccccc23)CC1. The molecule has 1 aliphatic heterocycles. The van der Waals surface area contributed by atoms with Crippen molar-refractivity contribution < 1.29 is 4.79 Å². The number of likely N-dealkylation sites (tertiary alicyclic amines) is 1. The molecule has 0 spiro atoms. The zero-order chi connectivity index (χ0) is 16.4. The second-order valence-electron chi connectivity index (χ2n) is 6.63. The topological polar surface area (TPSA) is 28.5 Å². The van der Waals surface area contributed by atoms with Crippen molar-refractivity contribution in [1.82, 2.24) is 14.4 Å².